The van der Waals surface area contributed by atoms with Gasteiger partial charge in [0.2, 0.25) is 0 Å². The van der Waals surface area contributed by atoms with Gasteiger partial charge in [-0.05, 0) is 66.4 Å². The topological polar surface area (TPSA) is 89.0 Å². The molecule has 2 aromatic carbocycles. The monoisotopic (exact) mass is 512 g/mol. The maximum absolute atomic E-state index is 13.4. The van der Waals surface area contributed by atoms with Crippen molar-refractivity contribution >= 4 is 17.4 Å². The Labute approximate surface area is 222 Å². The van der Waals surface area contributed by atoms with E-state index in [4.69, 9.17) is 9.47 Å². The lowest BCUT2D eigenvalue weighted by Gasteiger charge is -2.25. The van der Waals surface area contributed by atoms with Crippen molar-refractivity contribution in [2.45, 2.75) is 58.2 Å². The highest BCUT2D eigenvalue weighted by atomic mass is 16.5. The smallest absolute Gasteiger partial charge is 0.295 e. The summed E-state index contributed by atoms with van der Waals surface area (Å²) in [7, 11) is 0. The first-order valence-electron chi connectivity index (χ1n) is 13.2. The minimum absolute atomic E-state index is 0.0511. The Kier molecular flexibility index (Phi) is 7.45. The number of hydrogen-bond donors (Lipinski definition) is 1. The van der Waals surface area contributed by atoms with Crippen molar-refractivity contribution in [3.05, 3.63) is 94.8 Å². The van der Waals surface area contributed by atoms with Gasteiger partial charge in [-0.25, -0.2) is 0 Å². The Bertz CT molecular complexity index is 1350. The summed E-state index contributed by atoms with van der Waals surface area (Å²) in [5.41, 5.74) is 3.03. The molecule has 7 nitrogen and oxygen atoms in total. The fraction of sp³-hybridized carbons (Fsp3) is 0.323. The Morgan fingerprint density at radius 3 is 2.68 bits per heavy atom. The van der Waals surface area contributed by atoms with Crippen LogP contribution in [0.3, 0.4) is 0 Å². The van der Waals surface area contributed by atoms with Crippen LogP contribution in [-0.2, 0) is 22.6 Å². The summed E-state index contributed by atoms with van der Waals surface area (Å²) in [6.07, 6.45) is 7.30. The highest BCUT2D eigenvalue weighted by Crippen LogP contribution is 2.41. The summed E-state index contributed by atoms with van der Waals surface area (Å²) in [6.45, 7) is 4.95. The number of likely N-dealkylation sites (tertiary alicyclic amines) is 1. The maximum atomic E-state index is 13.4. The van der Waals surface area contributed by atoms with Gasteiger partial charge in [0.25, 0.3) is 11.7 Å². The van der Waals surface area contributed by atoms with Gasteiger partial charge in [0.1, 0.15) is 23.4 Å². The van der Waals surface area contributed by atoms with Crippen molar-refractivity contribution in [2.24, 2.45) is 0 Å². The molecule has 0 saturated carbocycles. The molecule has 1 aromatic heterocycles. The van der Waals surface area contributed by atoms with Crippen LogP contribution in [-0.4, -0.2) is 39.4 Å². The molecule has 0 aliphatic carbocycles. The SMILES string of the molecule is CCCCCOc1ccc([C@H]2C(=C(O)c3ccc4c(c3)C[C@H](C)O4)C(=O)C(=O)N2Cc2cccnc2)cc1. The molecule has 0 radical (unpaired) electrons. The van der Waals surface area contributed by atoms with Crippen LogP contribution >= 0.6 is 0 Å². The van der Waals surface area contributed by atoms with E-state index in [0.29, 0.717) is 17.7 Å². The van der Waals surface area contributed by atoms with Crippen molar-refractivity contribution < 1.29 is 24.2 Å². The van der Waals surface area contributed by atoms with Gasteiger partial charge in [-0.15, -0.1) is 0 Å². The summed E-state index contributed by atoms with van der Waals surface area (Å²) >= 11 is 0. The summed E-state index contributed by atoms with van der Waals surface area (Å²) in [5.74, 6) is -0.0527. The number of fused-ring (bicyclic) bond motifs is 1. The first kappa shape index (κ1) is 25.5. The second-order valence-corrected chi connectivity index (χ2v) is 9.87. The number of ether oxygens (including phenoxy) is 2. The Morgan fingerprint density at radius 2 is 1.95 bits per heavy atom. The molecule has 3 heterocycles. The van der Waals surface area contributed by atoms with E-state index in [1.165, 1.54) is 4.90 Å². The zero-order valence-electron chi connectivity index (χ0n) is 21.7. The molecule has 2 aliphatic heterocycles. The fourth-order valence-electron chi connectivity index (χ4n) is 5.09. The van der Waals surface area contributed by atoms with Crippen LogP contribution in [0, 0.1) is 0 Å². The molecule has 0 spiro atoms. The van der Waals surface area contributed by atoms with E-state index >= 15 is 0 Å². The third-order valence-corrected chi connectivity index (χ3v) is 7.00. The Balaban J connectivity index is 1.52. The first-order valence-corrected chi connectivity index (χ1v) is 13.2. The molecule has 0 bridgehead atoms. The van der Waals surface area contributed by atoms with Gasteiger partial charge >= 0.3 is 0 Å². The zero-order chi connectivity index (χ0) is 26.6. The van der Waals surface area contributed by atoms with Crippen LogP contribution in [0.4, 0.5) is 0 Å². The van der Waals surface area contributed by atoms with E-state index in [0.717, 1.165) is 48.3 Å². The summed E-state index contributed by atoms with van der Waals surface area (Å²) in [4.78, 5) is 32.3. The van der Waals surface area contributed by atoms with E-state index in [1.54, 1.807) is 30.6 Å². The summed E-state index contributed by atoms with van der Waals surface area (Å²) in [6, 6.07) is 15.7. The molecule has 1 fully saturated rings. The number of benzene rings is 2. The predicted octanol–water partition coefficient (Wildman–Crippen LogP) is 5.60. The van der Waals surface area contributed by atoms with Crippen LogP contribution in [0.5, 0.6) is 11.5 Å². The molecule has 2 aliphatic rings. The van der Waals surface area contributed by atoms with Crippen molar-refractivity contribution in [2.75, 3.05) is 6.61 Å². The lowest BCUT2D eigenvalue weighted by molar-refractivity contribution is -0.140. The number of carbonyl (C=O) groups excluding carboxylic acids is 2. The molecule has 196 valence electrons. The van der Waals surface area contributed by atoms with Gasteiger partial charge in [0.05, 0.1) is 18.2 Å². The van der Waals surface area contributed by atoms with Crippen LogP contribution in [0.1, 0.15) is 61.4 Å². The van der Waals surface area contributed by atoms with Crippen molar-refractivity contribution in [1.82, 2.24) is 9.88 Å². The highest BCUT2D eigenvalue weighted by Gasteiger charge is 2.46. The van der Waals surface area contributed by atoms with E-state index in [-0.39, 0.29) is 24.0 Å². The predicted molar refractivity (Wildman–Crippen MR) is 144 cm³/mol. The van der Waals surface area contributed by atoms with Gasteiger partial charge < -0.3 is 19.5 Å². The van der Waals surface area contributed by atoms with Crippen molar-refractivity contribution in [3.63, 3.8) is 0 Å². The standard InChI is InChI=1S/C31H32N2O5/c1-3-4-5-15-37-25-11-8-22(9-12-25)28-27(29(34)23-10-13-26-24(17-23)16-20(2)38-26)30(35)31(36)33(28)19-21-7-6-14-32-18-21/h6-14,17-18,20,28,34H,3-5,15-16,19H2,1-2H3/t20-,28-/m0/s1. The lowest BCUT2D eigenvalue weighted by Crippen LogP contribution is -2.29. The summed E-state index contributed by atoms with van der Waals surface area (Å²) in [5, 5.41) is 11.4. The minimum atomic E-state index is -0.757. The molecule has 1 saturated heterocycles. The minimum Gasteiger partial charge on any atom is -0.507 e. The molecule has 0 unspecified atom stereocenters. The van der Waals surface area contributed by atoms with E-state index in [2.05, 4.69) is 11.9 Å². The molecular weight excluding hydrogens is 480 g/mol. The van der Waals surface area contributed by atoms with Crippen molar-refractivity contribution in [1.29, 1.82) is 0 Å². The number of pyridine rings is 1. The number of aromatic nitrogens is 1. The third kappa shape index (κ3) is 5.14. The first-order chi connectivity index (χ1) is 18.5. The Hall–Kier alpha value is -4.13. The van der Waals surface area contributed by atoms with Gasteiger partial charge in [0.15, 0.2) is 0 Å². The molecule has 1 N–H and O–H groups in total. The maximum Gasteiger partial charge on any atom is 0.295 e. The molecule has 38 heavy (non-hydrogen) atoms. The Morgan fingerprint density at radius 1 is 1.13 bits per heavy atom. The van der Waals surface area contributed by atoms with Crippen molar-refractivity contribution in [3.8, 4) is 11.5 Å². The number of rotatable bonds is 9. The molecule has 5 rings (SSSR count). The number of nitrogens with zero attached hydrogens (tertiary/aromatic N) is 2. The van der Waals surface area contributed by atoms with Gasteiger partial charge in [-0.3, -0.25) is 14.6 Å². The number of aliphatic hydroxyl groups excluding tert-OH is 1. The van der Waals surface area contributed by atoms with Crippen LogP contribution in [0.2, 0.25) is 0 Å². The average molecular weight is 513 g/mol. The molecule has 1 amide bonds. The van der Waals surface area contributed by atoms with E-state index in [1.807, 2.05) is 43.3 Å². The average Bonchev–Trinajstić information content (AvgIpc) is 3.43. The number of carbonyl (C=O) groups is 2. The van der Waals surface area contributed by atoms with Crippen LogP contribution in [0.25, 0.3) is 5.76 Å². The molecule has 2 atom stereocenters. The quantitative estimate of drug-likeness (QED) is 0.174. The number of amides is 1. The van der Waals surface area contributed by atoms with Crippen LogP contribution < -0.4 is 9.47 Å². The van der Waals surface area contributed by atoms with Gasteiger partial charge in [-0.1, -0.05) is 38.0 Å². The normalized spacial score (nSPS) is 19.9. The van der Waals surface area contributed by atoms with Gasteiger partial charge in [-0.2, -0.15) is 0 Å². The molecule has 7 heteroatoms. The van der Waals surface area contributed by atoms with E-state index < -0.39 is 17.7 Å². The summed E-state index contributed by atoms with van der Waals surface area (Å²) < 4.78 is 11.6. The second-order valence-electron chi connectivity index (χ2n) is 9.87. The largest absolute Gasteiger partial charge is 0.507 e. The lowest BCUT2D eigenvalue weighted by atomic mass is 9.94. The fourth-order valence-corrected chi connectivity index (χ4v) is 5.09. The third-order valence-electron chi connectivity index (χ3n) is 7.00. The van der Waals surface area contributed by atoms with Crippen LogP contribution in [0.15, 0.2) is 72.6 Å². The molecular formula is C31H32N2O5. The number of hydrogen-bond acceptors (Lipinski definition) is 6. The van der Waals surface area contributed by atoms with E-state index in [9.17, 15) is 14.7 Å². The highest BCUT2D eigenvalue weighted by molar-refractivity contribution is 6.46. The zero-order valence-corrected chi connectivity index (χ0v) is 21.7. The van der Waals surface area contributed by atoms with Gasteiger partial charge in [0, 0.05) is 30.9 Å². The second kappa shape index (κ2) is 11.1. The number of aliphatic hydroxyl groups is 1. The molecule has 3 aromatic rings. The number of unbranched alkanes of at least 4 members (excludes halogenated alkanes) is 2. The number of ketones is 1. The number of Topliss-reactive ketones (excluding diaryl/α,β-unsaturated/α-hetero) is 1.